The first-order chi connectivity index (χ1) is 22.1. The number of unbranched alkanes of at least 4 members (excludes halogenated alkanes) is 6. The fraction of sp³-hybridized carbons (Fsp3) is 0.581. The number of nitrogens with one attached hydrogen (secondary N) is 4. The van der Waals surface area contributed by atoms with Crippen molar-refractivity contribution in [2.45, 2.75) is 95.0 Å². The van der Waals surface area contributed by atoms with Gasteiger partial charge in [-0.15, -0.1) is 0 Å². The molecule has 2 heterocycles. The average molecular weight is 648 g/mol. The van der Waals surface area contributed by atoms with Crippen LogP contribution in [0.2, 0.25) is 0 Å². The van der Waals surface area contributed by atoms with Crippen LogP contribution in [0.4, 0.5) is 4.79 Å². The molecule has 2 aromatic rings. The Bertz CT molecular complexity index is 1370. The summed E-state index contributed by atoms with van der Waals surface area (Å²) in [6.07, 6.45) is 1.25. The molecular weight excluding hydrogens is 602 g/mol. The number of carbonyl (C=O) groups is 3. The largest absolute Gasteiger partial charge is 0.447 e. The number of benzene rings is 1. The van der Waals surface area contributed by atoms with Crippen LogP contribution in [0.25, 0.3) is 0 Å². The Morgan fingerprint density at radius 3 is 2.35 bits per heavy atom. The number of aromatic nitrogens is 2. The van der Waals surface area contributed by atoms with E-state index in [1.54, 1.807) is 30.3 Å². The Morgan fingerprint density at radius 1 is 0.957 bits per heavy atom. The summed E-state index contributed by atoms with van der Waals surface area (Å²) in [7, 11) is 0. The van der Waals surface area contributed by atoms with Gasteiger partial charge in [0, 0.05) is 25.2 Å². The number of alkyl carbamates (subject to hydrolysis) is 1. The summed E-state index contributed by atoms with van der Waals surface area (Å²) in [5.74, 6) is -0.943. The third-order valence-corrected chi connectivity index (χ3v) is 7.63. The molecule has 1 aliphatic rings. The number of aromatic amines is 1. The summed E-state index contributed by atoms with van der Waals surface area (Å²) in [6.45, 7) is 1.02. The van der Waals surface area contributed by atoms with E-state index < -0.39 is 66.5 Å². The number of ether oxygens (including phenoxy) is 2. The monoisotopic (exact) mass is 647 g/mol. The van der Waals surface area contributed by atoms with E-state index in [-0.39, 0.29) is 25.5 Å². The number of hydrogen-bond donors (Lipinski definition) is 7. The normalized spacial score (nSPS) is 20.4. The third kappa shape index (κ3) is 11.4. The third-order valence-electron chi connectivity index (χ3n) is 7.63. The van der Waals surface area contributed by atoms with Crippen LogP contribution in [0.15, 0.2) is 52.2 Å². The topological polar surface area (TPSA) is 221 Å². The predicted octanol–water partition coefficient (Wildman–Crippen LogP) is 0.357. The van der Waals surface area contributed by atoms with Gasteiger partial charge in [-0.1, -0.05) is 75.8 Å². The Balaban J connectivity index is 1.44. The number of carbonyl (C=O) groups excluding carboxylic acids is 3. The van der Waals surface area contributed by atoms with Gasteiger partial charge in [0.1, 0.15) is 31.0 Å². The predicted molar refractivity (Wildman–Crippen MR) is 166 cm³/mol. The molecule has 0 aliphatic carbocycles. The van der Waals surface area contributed by atoms with Crippen LogP contribution in [-0.4, -0.2) is 86.8 Å². The number of H-pyrrole nitrogens is 1. The van der Waals surface area contributed by atoms with Gasteiger partial charge in [0.2, 0.25) is 11.8 Å². The zero-order valence-electron chi connectivity index (χ0n) is 25.9. The molecule has 0 bridgehead atoms. The first kappa shape index (κ1) is 36.4. The number of aliphatic hydroxyl groups is 3. The number of nitrogens with zero attached hydrogens (tertiary/aromatic N) is 1. The van der Waals surface area contributed by atoms with Crippen molar-refractivity contribution in [2.75, 3.05) is 19.7 Å². The maximum atomic E-state index is 12.6. The highest BCUT2D eigenvalue weighted by Crippen LogP contribution is 2.27. The van der Waals surface area contributed by atoms with Crippen LogP contribution < -0.4 is 27.2 Å². The van der Waals surface area contributed by atoms with Gasteiger partial charge in [-0.2, -0.15) is 0 Å². The molecule has 1 aromatic carbocycles. The van der Waals surface area contributed by atoms with Gasteiger partial charge in [0.15, 0.2) is 6.23 Å². The van der Waals surface area contributed by atoms with Gasteiger partial charge in [-0.25, -0.2) is 9.59 Å². The number of aliphatic hydroxyl groups excluding tert-OH is 3. The van der Waals surface area contributed by atoms with Gasteiger partial charge < -0.3 is 40.7 Å². The molecule has 1 aliphatic heterocycles. The zero-order chi connectivity index (χ0) is 33.5. The highest BCUT2D eigenvalue weighted by Gasteiger charge is 2.44. The van der Waals surface area contributed by atoms with Crippen molar-refractivity contribution in [1.29, 1.82) is 0 Å². The second-order valence-corrected chi connectivity index (χ2v) is 11.2. The van der Waals surface area contributed by atoms with Crippen LogP contribution >= 0.6 is 0 Å². The second kappa shape index (κ2) is 18.8. The first-order valence-electron chi connectivity index (χ1n) is 15.6. The average Bonchev–Trinajstić information content (AvgIpc) is 3.32. The molecule has 0 radical (unpaired) electrons. The van der Waals surface area contributed by atoms with Gasteiger partial charge in [0.25, 0.3) is 5.56 Å². The number of amides is 3. The number of hydrogen-bond acceptors (Lipinski definition) is 10. The van der Waals surface area contributed by atoms with Crippen molar-refractivity contribution in [2.24, 2.45) is 0 Å². The lowest BCUT2D eigenvalue weighted by atomic mass is 10.0. The van der Waals surface area contributed by atoms with E-state index in [1.165, 1.54) is 19.3 Å². The lowest BCUT2D eigenvalue weighted by Crippen LogP contribution is -2.45. The molecule has 6 atom stereocenters. The second-order valence-electron chi connectivity index (χ2n) is 11.2. The standard InChI is InChI=1S/C31H45N5O10/c1-2-3-4-5-6-7-11-14-23(37)34-21(26(40)20-12-9-8-10-13-20)19-45-31(44)33-18-25(39)32-17-22-27(41)28(42)29(46-22)36-16-15-24(38)35-30(36)43/h8-10,12-13,15-16,21-22,26-29,40-42H,2-7,11,14,17-19H2,1H3,(H,32,39)(H,33,44)(H,34,37)(H,35,38,43)/t21?,22-,26?,27?,28?,29-/m1/s1. The van der Waals surface area contributed by atoms with Crippen molar-refractivity contribution in [3.8, 4) is 0 Å². The maximum Gasteiger partial charge on any atom is 0.407 e. The van der Waals surface area contributed by atoms with Crippen molar-refractivity contribution >= 4 is 17.9 Å². The molecule has 0 saturated carbocycles. The smallest absolute Gasteiger partial charge is 0.407 e. The van der Waals surface area contributed by atoms with Crippen LogP contribution in [0, 0.1) is 0 Å². The Hall–Kier alpha value is -4.05. The Kier molecular flexibility index (Phi) is 14.9. The van der Waals surface area contributed by atoms with Crippen LogP contribution in [0.5, 0.6) is 0 Å². The molecule has 0 spiro atoms. The van der Waals surface area contributed by atoms with E-state index in [4.69, 9.17) is 9.47 Å². The van der Waals surface area contributed by atoms with Crippen LogP contribution in [0.3, 0.4) is 0 Å². The van der Waals surface area contributed by atoms with Crippen molar-refractivity contribution in [3.63, 3.8) is 0 Å². The summed E-state index contributed by atoms with van der Waals surface area (Å²) in [5, 5.41) is 39.0. The minimum Gasteiger partial charge on any atom is -0.447 e. The van der Waals surface area contributed by atoms with Gasteiger partial charge in [-0.05, 0) is 12.0 Å². The van der Waals surface area contributed by atoms with E-state index in [1.807, 2.05) is 4.98 Å². The fourth-order valence-electron chi connectivity index (χ4n) is 5.02. The molecule has 1 aromatic heterocycles. The summed E-state index contributed by atoms with van der Waals surface area (Å²) in [6, 6.07) is 8.76. The minimum atomic E-state index is -1.52. The molecule has 254 valence electrons. The molecular formula is C31H45N5O10. The molecule has 1 saturated heterocycles. The Morgan fingerprint density at radius 2 is 1.65 bits per heavy atom. The quantitative estimate of drug-likeness (QED) is 0.110. The van der Waals surface area contributed by atoms with Gasteiger partial charge in [0.05, 0.1) is 12.6 Å². The zero-order valence-corrected chi connectivity index (χ0v) is 25.9. The summed E-state index contributed by atoms with van der Waals surface area (Å²) >= 11 is 0. The summed E-state index contributed by atoms with van der Waals surface area (Å²) in [5.41, 5.74) is -0.959. The highest BCUT2D eigenvalue weighted by molar-refractivity contribution is 5.82. The molecule has 7 N–H and O–H groups in total. The minimum absolute atomic E-state index is 0.265. The van der Waals surface area contributed by atoms with Crippen LogP contribution in [0.1, 0.15) is 76.2 Å². The molecule has 15 nitrogen and oxygen atoms in total. The maximum absolute atomic E-state index is 12.6. The van der Waals surface area contributed by atoms with E-state index in [0.717, 1.165) is 36.1 Å². The Labute approximate surface area is 266 Å². The molecule has 1 fully saturated rings. The molecule has 4 unspecified atom stereocenters. The summed E-state index contributed by atoms with van der Waals surface area (Å²) < 4.78 is 11.7. The van der Waals surface area contributed by atoms with Crippen molar-refractivity contribution in [1.82, 2.24) is 25.5 Å². The fourth-order valence-corrected chi connectivity index (χ4v) is 5.02. The number of rotatable bonds is 18. The highest BCUT2D eigenvalue weighted by atomic mass is 16.6. The SMILES string of the molecule is CCCCCCCCCC(=O)NC(COC(=O)NCC(=O)NC[C@H]1O[C@@H](n2ccc(=O)[nH]c2=O)C(O)C1O)C(O)c1ccccc1. The summed E-state index contributed by atoms with van der Waals surface area (Å²) in [4.78, 5) is 62.7. The molecule has 3 amide bonds. The first-order valence-corrected chi connectivity index (χ1v) is 15.6. The van der Waals surface area contributed by atoms with Gasteiger partial charge in [-0.3, -0.25) is 23.9 Å². The van der Waals surface area contributed by atoms with Crippen LogP contribution in [-0.2, 0) is 19.1 Å². The van der Waals surface area contributed by atoms with Crippen molar-refractivity contribution in [3.05, 3.63) is 69.0 Å². The van der Waals surface area contributed by atoms with E-state index in [0.29, 0.717) is 12.0 Å². The lowest BCUT2D eigenvalue weighted by molar-refractivity contribution is -0.123. The van der Waals surface area contributed by atoms with E-state index in [9.17, 15) is 39.3 Å². The molecule has 15 heteroatoms. The van der Waals surface area contributed by atoms with E-state index >= 15 is 0 Å². The molecule has 46 heavy (non-hydrogen) atoms. The van der Waals surface area contributed by atoms with E-state index in [2.05, 4.69) is 22.9 Å². The molecule has 3 rings (SSSR count). The van der Waals surface area contributed by atoms with Gasteiger partial charge >= 0.3 is 11.8 Å². The van der Waals surface area contributed by atoms with Crippen molar-refractivity contribution < 1.29 is 39.2 Å². The lowest BCUT2D eigenvalue weighted by Gasteiger charge is -2.24.